The van der Waals surface area contributed by atoms with Gasteiger partial charge in [-0.25, -0.2) is 0 Å². The van der Waals surface area contributed by atoms with E-state index < -0.39 is 8.07 Å². The van der Waals surface area contributed by atoms with Crippen LogP contribution in [0.5, 0.6) is 0 Å². The van der Waals surface area contributed by atoms with E-state index in [0.717, 1.165) is 19.3 Å². The van der Waals surface area contributed by atoms with Gasteiger partial charge in [-0.3, -0.25) is 9.69 Å². The summed E-state index contributed by atoms with van der Waals surface area (Å²) in [5, 5.41) is 0. The third-order valence-electron chi connectivity index (χ3n) is 4.42. The third kappa shape index (κ3) is 5.60. The zero-order valence-electron chi connectivity index (χ0n) is 15.5. The summed E-state index contributed by atoms with van der Waals surface area (Å²) in [6.07, 6.45) is 5.58. The lowest BCUT2D eigenvalue weighted by Gasteiger charge is -2.40. The van der Waals surface area contributed by atoms with Gasteiger partial charge in [0.15, 0.2) is 0 Å². The summed E-state index contributed by atoms with van der Waals surface area (Å²) in [6, 6.07) is 11.0. The van der Waals surface area contributed by atoms with Gasteiger partial charge in [0.05, 0.1) is 20.7 Å². The molecule has 4 heteroatoms. The molecule has 1 aliphatic heterocycles. The zero-order chi connectivity index (χ0) is 17.6. The molecule has 1 heterocycles. The molecule has 2 atom stereocenters. The average Bonchev–Trinajstić information content (AvgIpc) is 2.54. The maximum Gasteiger partial charge on any atom is 0.320 e. The molecule has 1 aliphatic rings. The van der Waals surface area contributed by atoms with Crippen molar-refractivity contribution < 1.29 is 9.53 Å². The van der Waals surface area contributed by atoms with Crippen molar-refractivity contribution in [3.63, 3.8) is 0 Å². The average molecular weight is 346 g/mol. The van der Waals surface area contributed by atoms with Gasteiger partial charge in [0, 0.05) is 6.04 Å². The molecule has 3 nitrogen and oxygen atoms in total. The van der Waals surface area contributed by atoms with E-state index in [1.165, 1.54) is 5.56 Å². The van der Waals surface area contributed by atoms with E-state index >= 15 is 0 Å². The lowest BCUT2D eigenvalue weighted by molar-refractivity contribution is -0.157. The molecule has 132 valence electrons. The molecule has 1 fully saturated rings. The normalized spacial score (nSPS) is 21.0. The summed E-state index contributed by atoms with van der Waals surface area (Å²) in [4.78, 5) is 14.3. The highest BCUT2D eigenvalue weighted by molar-refractivity contribution is 6.80. The van der Waals surface area contributed by atoms with Crippen LogP contribution in [0, 0.1) is 0 Å². The van der Waals surface area contributed by atoms with Crippen molar-refractivity contribution in [1.29, 1.82) is 0 Å². The highest BCUT2D eigenvalue weighted by Crippen LogP contribution is 2.29. The number of hydrogen-bond acceptors (Lipinski definition) is 3. The Bertz CT molecular complexity index is 551. The van der Waals surface area contributed by atoms with Gasteiger partial charge in [-0.1, -0.05) is 75.1 Å². The van der Waals surface area contributed by atoms with E-state index in [-0.39, 0.29) is 12.0 Å². The molecular formula is C20H31NO2Si. The molecule has 1 aromatic rings. The van der Waals surface area contributed by atoms with E-state index in [2.05, 4.69) is 67.5 Å². The first-order valence-electron chi connectivity index (χ1n) is 9.04. The van der Waals surface area contributed by atoms with Gasteiger partial charge in [0.2, 0.25) is 0 Å². The fraction of sp³-hybridized carbons (Fsp3) is 0.550. The molecule has 0 bridgehead atoms. The molecule has 0 unspecified atom stereocenters. The standard InChI is InChI=1S/C20H31NO2Si/c1-5-10-18(13-9-14-24(2,3)4)21-15-20(22)23-16-19(21)17-11-7-6-8-12-17/h6-9,11-12,14,18-19H,5,10,13,15-16H2,1-4H3/b14-9+/t18-,19-/m1/s1. The lowest BCUT2D eigenvalue weighted by atomic mass is 9.98. The summed E-state index contributed by atoms with van der Waals surface area (Å²) >= 11 is 0. The largest absolute Gasteiger partial charge is 0.463 e. The smallest absolute Gasteiger partial charge is 0.320 e. The van der Waals surface area contributed by atoms with E-state index in [9.17, 15) is 4.79 Å². The number of morpholine rings is 1. The van der Waals surface area contributed by atoms with E-state index in [1.807, 2.05) is 6.07 Å². The highest BCUT2D eigenvalue weighted by atomic mass is 28.3. The second-order valence-corrected chi connectivity index (χ2v) is 12.8. The first kappa shape index (κ1) is 18.9. The second kappa shape index (κ2) is 8.63. The van der Waals surface area contributed by atoms with Crippen LogP contribution in [0.3, 0.4) is 0 Å². The predicted molar refractivity (Wildman–Crippen MR) is 103 cm³/mol. The molecule has 24 heavy (non-hydrogen) atoms. The fourth-order valence-electron chi connectivity index (χ4n) is 3.25. The van der Waals surface area contributed by atoms with Crippen LogP contribution in [0.1, 0.15) is 37.8 Å². The van der Waals surface area contributed by atoms with E-state index in [0.29, 0.717) is 19.2 Å². The zero-order valence-corrected chi connectivity index (χ0v) is 16.5. The predicted octanol–water partition coefficient (Wildman–Crippen LogP) is 4.58. The third-order valence-corrected chi connectivity index (χ3v) is 5.65. The second-order valence-electron chi connectivity index (χ2n) is 7.73. The molecule has 0 spiro atoms. The molecule has 0 aromatic heterocycles. The van der Waals surface area contributed by atoms with Crippen LogP contribution >= 0.6 is 0 Å². The van der Waals surface area contributed by atoms with Crippen LogP contribution in [0.25, 0.3) is 0 Å². The van der Waals surface area contributed by atoms with Crippen LogP contribution in [-0.2, 0) is 9.53 Å². The minimum Gasteiger partial charge on any atom is -0.463 e. The Kier molecular flexibility index (Phi) is 6.81. The summed E-state index contributed by atoms with van der Waals surface area (Å²) in [7, 11) is -1.18. The molecule has 0 N–H and O–H groups in total. The van der Waals surface area contributed by atoms with Gasteiger partial charge in [-0.2, -0.15) is 0 Å². The van der Waals surface area contributed by atoms with Gasteiger partial charge in [-0.15, -0.1) is 0 Å². The Morgan fingerprint density at radius 1 is 1.29 bits per heavy atom. The van der Waals surface area contributed by atoms with Gasteiger partial charge < -0.3 is 4.74 Å². The van der Waals surface area contributed by atoms with E-state index in [4.69, 9.17) is 4.74 Å². The molecule has 0 amide bonds. The molecule has 0 aliphatic carbocycles. The van der Waals surface area contributed by atoms with Crippen molar-refractivity contribution in [1.82, 2.24) is 4.90 Å². The first-order valence-corrected chi connectivity index (χ1v) is 12.6. The highest BCUT2D eigenvalue weighted by Gasteiger charge is 2.33. The molecule has 1 saturated heterocycles. The number of benzene rings is 1. The maximum atomic E-state index is 11.9. The number of cyclic esters (lactones) is 1. The van der Waals surface area contributed by atoms with Gasteiger partial charge in [0.1, 0.15) is 6.61 Å². The first-order chi connectivity index (χ1) is 11.4. The SMILES string of the molecule is CCC[C@H](C/C=C/[Si](C)(C)C)N1CC(=O)OC[C@@H]1c1ccccc1. The van der Waals surface area contributed by atoms with Crippen molar-refractivity contribution in [2.24, 2.45) is 0 Å². The number of rotatable bonds is 7. The van der Waals surface area contributed by atoms with E-state index in [1.54, 1.807) is 0 Å². The minimum absolute atomic E-state index is 0.0996. The number of hydrogen-bond donors (Lipinski definition) is 0. The molecule has 0 radical (unpaired) electrons. The van der Waals surface area contributed by atoms with Crippen LogP contribution in [-0.4, -0.2) is 38.1 Å². The lowest BCUT2D eigenvalue weighted by Crippen LogP contribution is -2.47. The summed E-state index contributed by atoms with van der Waals surface area (Å²) in [6.45, 7) is 10.1. The number of carbonyl (C=O) groups excluding carboxylic acids is 1. The summed E-state index contributed by atoms with van der Waals surface area (Å²) < 4.78 is 5.37. The number of ether oxygens (including phenoxy) is 1. The number of nitrogens with zero attached hydrogens (tertiary/aromatic N) is 1. The van der Waals surface area contributed by atoms with Crippen molar-refractivity contribution in [2.75, 3.05) is 13.2 Å². The monoisotopic (exact) mass is 345 g/mol. The van der Waals surface area contributed by atoms with Crippen molar-refractivity contribution in [3.8, 4) is 0 Å². The van der Waals surface area contributed by atoms with Crippen molar-refractivity contribution in [2.45, 2.75) is 57.9 Å². The molecule has 2 rings (SSSR count). The quantitative estimate of drug-likeness (QED) is 0.535. The fourth-order valence-corrected chi connectivity index (χ4v) is 4.09. The molecule has 1 aromatic carbocycles. The summed E-state index contributed by atoms with van der Waals surface area (Å²) in [5.74, 6) is -0.0996. The minimum atomic E-state index is -1.18. The Morgan fingerprint density at radius 3 is 2.62 bits per heavy atom. The maximum absolute atomic E-state index is 11.9. The summed E-state index contributed by atoms with van der Waals surface area (Å²) in [5.41, 5.74) is 3.65. The van der Waals surface area contributed by atoms with Gasteiger partial charge >= 0.3 is 5.97 Å². The van der Waals surface area contributed by atoms with Gasteiger partial charge in [-0.05, 0) is 18.4 Å². The number of carbonyl (C=O) groups is 1. The van der Waals surface area contributed by atoms with Crippen LogP contribution < -0.4 is 0 Å². The number of esters is 1. The van der Waals surface area contributed by atoms with Crippen molar-refractivity contribution in [3.05, 3.63) is 47.7 Å². The van der Waals surface area contributed by atoms with Crippen LogP contribution in [0.4, 0.5) is 0 Å². The molecular weight excluding hydrogens is 314 g/mol. The van der Waals surface area contributed by atoms with Crippen LogP contribution in [0.15, 0.2) is 42.1 Å². The van der Waals surface area contributed by atoms with Gasteiger partial charge in [0.25, 0.3) is 0 Å². The van der Waals surface area contributed by atoms with Crippen molar-refractivity contribution >= 4 is 14.0 Å². The Hall–Kier alpha value is -1.39. The Morgan fingerprint density at radius 2 is 2.00 bits per heavy atom. The Balaban J connectivity index is 2.19. The molecule has 0 saturated carbocycles. The topological polar surface area (TPSA) is 29.5 Å². The Labute approximate surface area is 147 Å². The van der Waals surface area contributed by atoms with Crippen LogP contribution in [0.2, 0.25) is 19.6 Å².